The van der Waals surface area contributed by atoms with Crippen molar-refractivity contribution in [1.29, 1.82) is 0 Å². The number of nitrogens with zero attached hydrogens (tertiary/aromatic N) is 1. The number of nitrogens with one attached hydrogen (secondary N) is 3. The SMILES string of the molecule is CCNC(=NCc1ccc(C)cc1OCCOC)NCC(C)(C)C(=O)NC. The second-order valence-electron chi connectivity index (χ2n) is 6.96. The molecule has 3 N–H and O–H groups in total. The van der Waals surface area contributed by atoms with Gasteiger partial charge in [0.05, 0.1) is 18.6 Å². The highest BCUT2D eigenvalue weighted by atomic mass is 16.5. The summed E-state index contributed by atoms with van der Waals surface area (Å²) < 4.78 is 10.9. The Morgan fingerprint density at radius 3 is 2.59 bits per heavy atom. The lowest BCUT2D eigenvalue weighted by Gasteiger charge is -2.24. The number of guanidine groups is 1. The molecular formula is C20H34N4O3. The Labute approximate surface area is 162 Å². The van der Waals surface area contributed by atoms with Crippen LogP contribution in [-0.4, -0.2) is 52.3 Å². The van der Waals surface area contributed by atoms with Crippen LogP contribution in [0.2, 0.25) is 0 Å². The number of hydrogen-bond donors (Lipinski definition) is 3. The highest BCUT2D eigenvalue weighted by Gasteiger charge is 2.26. The fourth-order valence-corrected chi connectivity index (χ4v) is 2.39. The summed E-state index contributed by atoms with van der Waals surface area (Å²) in [7, 11) is 3.30. The minimum absolute atomic E-state index is 0.0155. The molecule has 0 bridgehead atoms. The van der Waals surface area contributed by atoms with Crippen LogP contribution in [0.1, 0.15) is 31.9 Å². The van der Waals surface area contributed by atoms with Crippen molar-refractivity contribution in [3.63, 3.8) is 0 Å². The van der Waals surface area contributed by atoms with Gasteiger partial charge in [-0.3, -0.25) is 4.79 Å². The van der Waals surface area contributed by atoms with Crippen molar-refractivity contribution in [2.45, 2.75) is 34.2 Å². The van der Waals surface area contributed by atoms with Crippen LogP contribution in [-0.2, 0) is 16.1 Å². The van der Waals surface area contributed by atoms with E-state index in [0.717, 1.165) is 23.4 Å². The van der Waals surface area contributed by atoms with E-state index < -0.39 is 5.41 Å². The second-order valence-corrected chi connectivity index (χ2v) is 6.96. The maximum atomic E-state index is 11.9. The molecule has 152 valence electrons. The number of benzene rings is 1. The third-order valence-corrected chi connectivity index (χ3v) is 4.06. The van der Waals surface area contributed by atoms with E-state index in [1.807, 2.05) is 45.9 Å². The highest BCUT2D eigenvalue weighted by molar-refractivity contribution is 5.84. The summed E-state index contributed by atoms with van der Waals surface area (Å²) in [4.78, 5) is 16.6. The first-order valence-electron chi connectivity index (χ1n) is 9.29. The molecule has 0 radical (unpaired) electrons. The summed E-state index contributed by atoms with van der Waals surface area (Å²) in [5, 5.41) is 9.15. The van der Waals surface area contributed by atoms with Gasteiger partial charge in [-0.1, -0.05) is 12.1 Å². The van der Waals surface area contributed by atoms with E-state index in [9.17, 15) is 4.79 Å². The van der Waals surface area contributed by atoms with Crippen molar-refractivity contribution >= 4 is 11.9 Å². The summed E-state index contributed by atoms with van der Waals surface area (Å²) in [6.07, 6.45) is 0. The Morgan fingerprint density at radius 2 is 1.96 bits per heavy atom. The van der Waals surface area contributed by atoms with E-state index >= 15 is 0 Å². The van der Waals surface area contributed by atoms with E-state index in [-0.39, 0.29) is 5.91 Å². The smallest absolute Gasteiger partial charge is 0.227 e. The van der Waals surface area contributed by atoms with Gasteiger partial charge in [0.1, 0.15) is 12.4 Å². The molecule has 0 unspecified atom stereocenters. The third-order valence-electron chi connectivity index (χ3n) is 4.06. The van der Waals surface area contributed by atoms with Crippen LogP contribution in [0.25, 0.3) is 0 Å². The zero-order chi connectivity index (χ0) is 20.3. The number of methoxy groups -OCH3 is 1. The Bertz CT molecular complexity index is 630. The topological polar surface area (TPSA) is 84.0 Å². The number of rotatable bonds is 10. The molecular weight excluding hydrogens is 344 g/mol. The first kappa shape index (κ1) is 22.8. The Hall–Kier alpha value is -2.28. The van der Waals surface area contributed by atoms with E-state index in [2.05, 4.69) is 20.9 Å². The number of carbonyl (C=O) groups excluding carboxylic acids is 1. The number of carbonyl (C=O) groups is 1. The number of aliphatic imine (C=N–C) groups is 1. The molecule has 1 aromatic carbocycles. The van der Waals surface area contributed by atoms with Gasteiger partial charge in [0.15, 0.2) is 5.96 Å². The van der Waals surface area contributed by atoms with Gasteiger partial charge in [-0.25, -0.2) is 4.99 Å². The van der Waals surface area contributed by atoms with Crippen molar-refractivity contribution in [3.8, 4) is 5.75 Å². The normalized spacial score (nSPS) is 11.9. The molecule has 7 nitrogen and oxygen atoms in total. The zero-order valence-corrected chi connectivity index (χ0v) is 17.4. The summed E-state index contributed by atoms with van der Waals surface area (Å²) in [5.74, 6) is 1.47. The van der Waals surface area contributed by atoms with Crippen LogP contribution in [0.3, 0.4) is 0 Å². The van der Waals surface area contributed by atoms with Crippen LogP contribution in [0.5, 0.6) is 5.75 Å². The van der Waals surface area contributed by atoms with Crippen molar-refractivity contribution in [2.24, 2.45) is 10.4 Å². The lowest BCUT2D eigenvalue weighted by Crippen LogP contribution is -2.47. The number of amides is 1. The zero-order valence-electron chi connectivity index (χ0n) is 17.4. The standard InChI is InChI=1S/C20H34N4O3/c1-7-22-19(24-14-20(3,4)18(25)21-5)23-13-16-9-8-15(2)12-17(16)27-11-10-26-6/h8-9,12H,7,10-11,13-14H2,1-6H3,(H,21,25)(H2,22,23,24). The molecule has 0 aromatic heterocycles. The molecule has 27 heavy (non-hydrogen) atoms. The summed E-state index contributed by atoms with van der Waals surface area (Å²) >= 11 is 0. The molecule has 0 spiro atoms. The van der Waals surface area contributed by atoms with Gasteiger partial charge in [0.2, 0.25) is 5.91 Å². The van der Waals surface area contributed by atoms with Gasteiger partial charge >= 0.3 is 0 Å². The Morgan fingerprint density at radius 1 is 1.22 bits per heavy atom. The first-order chi connectivity index (χ1) is 12.8. The number of aryl methyl sites for hydroxylation is 1. The quantitative estimate of drug-likeness (QED) is 0.329. The molecule has 1 aromatic rings. The molecule has 7 heteroatoms. The molecule has 0 aliphatic heterocycles. The third kappa shape index (κ3) is 7.86. The summed E-state index contributed by atoms with van der Waals surface area (Å²) in [6, 6.07) is 6.08. The van der Waals surface area contributed by atoms with Gasteiger partial charge in [-0.05, 0) is 39.3 Å². The summed E-state index contributed by atoms with van der Waals surface area (Å²) in [6.45, 7) is 10.5. The molecule has 0 aliphatic rings. The highest BCUT2D eigenvalue weighted by Crippen LogP contribution is 2.21. The van der Waals surface area contributed by atoms with Crippen LogP contribution in [0, 0.1) is 12.3 Å². The van der Waals surface area contributed by atoms with Crippen LogP contribution >= 0.6 is 0 Å². The van der Waals surface area contributed by atoms with Crippen LogP contribution < -0.4 is 20.7 Å². The first-order valence-corrected chi connectivity index (χ1v) is 9.29. The molecule has 0 aliphatic carbocycles. The minimum atomic E-state index is -0.538. The van der Waals surface area contributed by atoms with Crippen molar-refractivity contribution < 1.29 is 14.3 Å². The van der Waals surface area contributed by atoms with Crippen molar-refractivity contribution in [3.05, 3.63) is 29.3 Å². The van der Waals surface area contributed by atoms with Gasteiger partial charge in [0, 0.05) is 32.8 Å². The fraction of sp³-hybridized carbons (Fsp3) is 0.600. The van der Waals surface area contributed by atoms with Gasteiger partial charge in [-0.2, -0.15) is 0 Å². The van der Waals surface area contributed by atoms with Crippen LogP contribution in [0.15, 0.2) is 23.2 Å². The van der Waals surface area contributed by atoms with Gasteiger partial charge in [-0.15, -0.1) is 0 Å². The number of hydrogen-bond acceptors (Lipinski definition) is 4. The summed E-state index contributed by atoms with van der Waals surface area (Å²) in [5.41, 5.74) is 1.59. The van der Waals surface area contributed by atoms with Crippen molar-refractivity contribution in [2.75, 3.05) is 40.5 Å². The van der Waals surface area contributed by atoms with Gasteiger partial charge in [0.25, 0.3) is 0 Å². The predicted molar refractivity (Wildman–Crippen MR) is 109 cm³/mol. The average molecular weight is 379 g/mol. The van der Waals surface area contributed by atoms with E-state index in [0.29, 0.717) is 32.3 Å². The molecule has 0 heterocycles. The predicted octanol–water partition coefficient (Wildman–Crippen LogP) is 1.85. The molecule has 1 rings (SSSR count). The lowest BCUT2D eigenvalue weighted by atomic mass is 9.92. The van der Waals surface area contributed by atoms with E-state index in [1.54, 1.807) is 14.2 Å². The fourth-order valence-electron chi connectivity index (χ4n) is 2.39. The molecule has 0 saturated heterocycles. The second kappa shape index (κ2) is 11.4. The molecule has 1 amide bonds. The number of ether oxygens (including phenoxy) is 2. The molecule has 0 saturated carbocycles. The molecule has 0 atom stereocenters. The van der Waals surface area contributed by atoms with Gasteiger partial charge < -0.3 is 25.4 Å². The lowest BCUT2D eigenvalue weighted by molar-refractivity contribution is -0.128. The molecule has 0 fully saturated rings. The minimum Gasteiger partial charge on any atom is -0.491 e. The largest absolute Gasteiger partial charge is 0.491 e. The monoisotopic (exact) mass is 378 g/mol. The Kier molecular flexibility index (Phi) is 9.64. The van der Waals surface area contributed by atoms with E-state index in [1.165, 1.54) is 0 Å². The maximum absolute atomic E-state index is 11.9. The maximum Gasteiger partial charge on any atom is 0.227 e. The van der Waals surface area contributed by atoms with Crippen molar-refractivity contribution in [1.82, 2.24) is 16.0 Å². The van der Waals surface area contributed by atoms with E-state index in [4.69, 9.17) is 9.47 Å². The Balaban J connectivity index is 2.84. The van der Waals surface area contributed by atoms with Crippen LogP contribution in [0.4, 0.5) is 0 Å². The average Bonchev–Trinajstić information content (AvgIpc) is 2.64.